The molecule has 0 fully saturated rings. The molecule has 21 heavy (non-hydrogen) atoms. The van der Waals surface area contributed by atoms with Crippen molar-refractivity contribution in [2.75, 3.05) is 18.0 Å². The van der Waals surface area contributed by atoms with Gasteiger partial charge >= 0.3 is 0 Å². The number of nitro groups is 1. The zero-order valence-corrected chi connectivity index (χ0v) is 12.2. The number of hydrogen-bond acceptors (Lipinski definition) is 3. The molecule has 0 aliphatic carbocycles. The van der Waals surface area contributed by atoms with Gasteiger partial charge < -0.3 is 4.90 Å². The quantitative estimate of drug-likeness (QED) is 0.641. The molecule has 5 heteroatoms. The maximum atomic E-state index is 11.1. The van der Waals surface area contributed by atoms with Crippen LogP contribution in [0, 0.1) is 10.1 Å². The second kappa shape index (κ2) is 5.74. The fourth-order valence-corrected chi connectivity index (χ4v) is 3.06. The Morgan fingerprint density at radius 1 is 1.19 bits per heavy atom. The lowest BCUT2D eigenvalue weighted by atomic mass is 9.92. The van der Waals surface area contributed by atoms with Crippen LogP contribution in [-0.4, -0.2) is 18.0 Å². The van der Waals surface area contributed by atoms with E-state index >= 15 is 0 Å². The van der Waals surface area contributed by atoms with E-state index < -0.39 is 0 Å². The number of nitrogens with zero attached hydrogens (tertiary/aromatic N) is 2. The summed E-state index contributed by atoms with van der Waals surface area (Å²) in [4.78, 5) is 12.9. The highest BCUT2D eigenvalue weighted by molar-refractivity contribution is 6.30. The van der Waals surface area contributed by atoms with Gasteiger partial charge in [-0.1, -0.05) is 35.9 Å². The molecule has 3 rings (SSSR count). The van der Waals surface area contributed by atoms with Gasteiger partial charge in [0.2, 0.25) is 6.54 Å². The molecule has 0 bridgehead atoms. The average molecular weight is 303 g/mol. The molecule has 0 N–H and O–H groups in total. The summed E-state index contributed by atoms with van der Waals surface area (Å²) in [6, 6.07) is 15.2. The van der Waals surface area contributed by atoms with Crippen LogP contribution in [0.3, 0.4) is 0 Å². The molecule has 108 valence electrons. The monoisotopic (exact) mass is 302 g/mol. The minimum Gasteiger partial charge on any atom is -0.358 e. The lowest BCUT2D eigenvalue weighted by Crippen LogP contribution is -2.39. The lowest BCUT2D eigenvalue weighted by Gasteiger charge is -2.37. The van der Waals surface area contributed by atoms with Gasteiger partial charge in [-0.15, -0.1) is 0 Å². The molecule has 0 spiro atoms. The fourth-order valence-electron chi connectivity index (χ4n) is 2.93. The smallest absolute Gasteiger partial charge is 0.228 e. The summed E-state index contributed by atoms with van der Waals surface area (Å²) in [7, 11) is 0. The third-order valence-corrected chi connectivity index (χ3v) is 4.14. The molecule has 2 aromatic carbocycles. The number of benzene rings is 2. The van der Waals surface area contributed by atoms with Crippen LogP contribution in [0.2, 0.25) is 5.02 Å². The standard InChI is InChI=1S/C16H15ClN2O2/c17-13-5-7-14(8-6-13)18-10-9-12-3-1-2-4-15(12)16(18)11-19(20)21/h1-8,16H,9-11H2/t16-/m0/s1. The van der Waals surface area contributed by atoms with Crippen molar-refractivity contribution in [2.24, 2.45) is 0 Å². The Morgan fingerprint density at radius 3 is 2.62 bits per heavy atom. The SMILES string of the molecule is O=[N+]([O-])C[C@H]1c2ccccc2CCN1c1ccc(Cl)cc1. The maximum absolute atomic E-state index is 11.1. The second-order valence-electron chi connectivity index (χ2n) is 5.15. The van der Waals surface area contributed by atoms with E-state index in [2.05, 4.69) is 11.0 Å². The summed E-state index contributed by atoms with van der Waals surface area (Å²) < 4.78 is 0. The van der Waals surface area contributed by atoms with Gasteiger partial charge in [0.1, 0.15) is 6.04 Å². The van der Waals surface area contributed by atoms with Crippen molar-refractivity contribution in [3.63, 3.8) is 0 Å². The molecule has 1 atom stereocenters. The Morgan fingerprint density at radius 2 is 1.90 bits per heavy atom. The Labute approximate surface area is 128 Å². The summed E-state index contributed by atoms with van der Waals surface area (Å²) in [5.41, 5.74) is 3.23. The molecule has 0 unspecified atom stereocenters. The third-order valence-electron chi connectivity index (χ3n) is 3.89. The van der Waals surface area contributed by atoms with Crippen LogP contribution >= 0.6 is 11.6 Å². The topological polar surface area (TPSA) is 46.4 Å². The van der Waals surface area contributed by atoms with Crippen molar-refractivity contribution in [3.05, 3.63) is 74.8 Å². The van der Waals surface area contributed by atoms with Gasteiger partial charge in [-0.2, -0.15) is 0 Å². The van der Waals surface area contributed by atoms with Crippen molar-refractivity contribution in [2.45, 2.75) is 12.5 Å². The van der Waals surface area contributed by atoms with Gasteiger partial charge in [-0.3, -0.25) is 10.1 Å². The predicted molar refractivity (Wildman–Crippen MR) is 83.5 cm³/mol. The van der Waals surface area contributed by atoms with Crippen molar-refractivity contribution in [3.8, 4) is 0 Å². The molecular formula is C16H15ClN2O2. The van der Waals surface area contributed by atoms with Crippen LogP contribution in [0.5, 0.6) is 0 Å². The van der Waals surface area contributed by atoms with Gasteiger partial charge in [-0.25, -0.2) is 0 Å². The molecule has 0 aromatic heterocycles. The largest absolute Gasteiger partial charge is 0.358 e. The maximum Gasteiger partial charge on any atom is 0.228 e. The van der Waals surface area contributed by atoms with Crippen molar-refractivity contribution < 1.29 is 4.92 Å². The average Bonchev–Trinajstić information content (AvgIpc) is 2.48. The highest BCUT2D eigenvalue weighted by Gasteiger charge is 2.31. The normalized spacial score (nSPS) is 17.4. The third kappa shape index (κ3) is 2.85. The van der Waals surface area contributed by atoms with E-state index in [9.17, 15) is 10.1 Å². The van der Waals surface area contributed by atoms with E-state index in [1.54, 1.807) is 0 Å². The van der Waals surface area contributed by atoms with Gasteiger partial charge in [0, 0.05) is 22.2 Å². The van der Waals surface area contributed by atoms with Gasteiger partial charge in [0.25, 0.3) is 0 Å². The zero-order chi connectivity index (χ0) is 14.8. The summed E-state index contributed by atoms with van der Waals surface area (Å²) in [5, 5.41) is 11.7. The minimum absolute atomic E-state index is 0.0976. The number of fused-ring (bicyclic) bond motifs is 1. The minimum atomic E-state index is -0.240. The summed E-state index contributed by atoms with van der Waals surface area (Å²) in [5.74, 6) is 0. The molecule has 1 heterocycles. The van der Waals surface area contributed by atoms with Crippen LogP contribution in [0.25, 0.3) is 0 Å². The van der Waals surface area contributed by atoms with Crippen molar-refractivity contribution >= 4 is 17.3 Å². The van der Waals surface area contributed by atoms with Gasteiger partial charge in [-0.05, 0) is 41.8 Å². The molecule has 0 radical (unpaired) electrons. The molecular weight excluding hydrogens is 288 g/mol. The predicted octanol–water partition coefficient (Wildman–Crippen LogP) is 3.72. The van der Waals surface area contributed by atoms with Gasteiger partial charge in [0.15, 0.2) is 0 Å². The summed E-state index contributed by atoms with van der Waals surface area (Å²) >= 11 is 5.93. The van der Waals surface area contributed by atoms with Gasteiger partial charge in [0.05, 0.1) is 0 Å². The first kappa shape index (κ1) is 13.9. The lowest BCUT2D eigenvalue weighted by molar-refractivity contribution is -0.483. The molecule has 0 saturated carbocycles. The Kier molecular flexibility index (Phi) is 3.80. The van der Waals surface area contributed by atoms with E-state index in [0.717, 1.165) is 24.2 Å². The van der Waals surface area contributed by atoms with Crippen LogP contribution in [0.1, 0.15) is 17.2 Å². The Bertz CT molecular complexity index is 658. The highest BCUT2D eigenvalue weighted by atomic mass is 35.5. The van der Waals surface area contributed by atoms with E-state index in [-0.39, 0.29) is 17.5 Å². The first-order valence-corrected chi connectivity index (χ1v) is 7.25. The molecule has 4 nitrogen and oxygen atoms in total. The molecule has 0 amide bonds. The number of halogens is 1. The first-order chi connectivity index (χ1) is 10.1. The van der Waals surface area contributed by atoms with Crippen LogP contribution in [0.4, 0.5) is 5.69 Å². The number of rotatable bonds is 3. The van der Waals surface area contributed by atoms with E-state index in [1.165, 1.54) is 5.56 Å². The number of anilines is 1. The van der Waals surface area contributed by atoms with E-state index in [1.807, 2.05) is 42.5 Å². The molecule has 2 aromatic rings. The Hall–Kier alpha value is -2.07. The van der Waals surface area contributed by atoms with E-state index in [0.29, 0.717) is 5.02 Å². The first-order valence-electron chi connectivity index (χ1n) is 6.87. The van der Waals surface area contributed by atoms with Crippen molar-refractivity contribution in [1.29, 1.82) is 0 Å². The van der Waals surface area contributed by atoms with Crippen LogP contribution in [0.15, 0.2) is 48.5 Å². The molecule has 0 saturated heterocycles. The Balaban J connectivity index is 2.00. The van der Waals surface area contributed by atoms with E-state index in [4.69, 9.17) is 11.6 Å². The highest BCUT2D eigenvalue weighted by Crippen LogP contribution is 2.34. The molecule has 1 aliphatic heterocycles. The fraction of sp³-hybridized carbons (Fsp3) is 0.250. The second-order valence-corrected chi connectivity index (χ2v) is 5.59. The summed E-state index contributed by atoms with van der Waals surface area (Å²) in [6.07, 6.45) is 0.896. The van der Waals surface area contributed by atoms with Crippen LogP contribution < -0.4 is 4.90 Å². The van der Waals surface area contributed by atoms with Crippen LogP contribution in [-0.2, 0) is 6.42 Å². The summed E-state index contributed by atoms with van der Waals surface area (Å²) in [6.45, 7) is 0.677. The molecule has 1 aliphatic rings. The number of hydrogen-bond donors (Lipinski definition) is 0. The zero-order valence-electron chi connectivity index (χ0n) is 11.4. The van der Waals surface area contributed by atoms with Crippen molar-refractivity contribution in [1.82, 2.24) is 0 Å².